The number of hydrogen-bond donors (Lipinski definition) is 3. The van der Waals surface area contributed by atoms with Crippen LogP contribution in [-0.2, 0) is 6.61 Å². The number of pyridine rings is 1. The maximum atomic E-state index is 11.2. The second-order valence-electron chi connectivity index (χ2n) is 3.75. The summed E-state index contributed by atoms with van der Waals surface area (Å²) >= 11 is 0. The molecule has 0 saturated carbocycles. The fraction of sp³-hybridized carbons (Fsp3) is 0.0769. The SMILES string of the molecule is Nc1ccc(-c2ccccc2CO)c(C(=O)O)n1. The van der Waals surface area contributed by atoms with Crippen molar-refractivity contribution in [2.45, 2.75) is 6.61 Å². The summed E-state index contributed by atoms with van der Waals surface area (Å²) in [7, 11) is 0. The van der Waals surface area contributed by atoms with Crippen LogP contribution in [0.15, 0.2) is 36.4 Å². The molecule has 4 N–H and O–H groups in total. The molecule has 2 aromatic rings. The third-order valence-corrected chi connectivity index (χ3v) is 2.60. The molecule has 1 aromatic heterocycles. The van der Waals surface area contributed by atoms with E-state index in [0.717, 1.165) is 0 Å². The number of aromatic carboxylic acids is 1. The molecule has 2 rings (SSSR count). The number of aliphatic hydroxyl groups is 1. The lowest BCUT2D eigenvalue weighted by Crippen LogP contribution is -2.06. The number of nitrogen functional groups attached to an aromatic ring is 1. The summed E-state index contributed by atoms with van der Waals surface area (Å²) in [5.74, 6) is -0.998. The van der Waals surface area contributed by atoms with Crippen LogP contribution >= 0.6 is 0 Å². The predicted octanol–water partition coefficient (Wildman–Crippen LogP) is 1.52. The number of anilines is 1. The Balaban J connectivity index is 2.67. The minimum Gasteiger partial charge on any atom is -0.476 e. The van der Waals surface area contributed by atoms with E-state index in [9.17, 15) is 9.90 Å². The van der Waals surface area contributed by atoms with Gasteiger partial charge in [0.05, 0.1) is 6.61 Å². The lowest BCUT2D eigenvalue weighted by molar-refractivity contribution is 0.0691. The highest BCUT2D eigenvalue weighted by atomic mass is 16.4. The van der Waals surface area contributed by atoms with Gasteiger partial charge in [0, 0.05) is 5.56 Å². The molecule has 18 heavy (non-hydrogen) atoms. The third-order valence-electron chi connectivity index (χ3n) is 2.60. The minimum absolute atomic E-state index is 0.115. The topological polar surface area (TPSA) is 96.4 Å². The first-order valence-electron chi connectivity index (χ1n) is 5.32. The lowest BCUT2D eigenvalue weighted by atomic mass is 9.98. The molecule has 0 aliphatic carbocycles. The van der Waals surface area contributed by atoms with Crippen molar-refractivity contribution in [2.75, 3.05) is 5.73 Å². The van der Waals surface area contributed by atoms with E-state index in [1.165, 1.54) is 6.07 Å². The van der Waals surface area contributed by atoms with Crippen molar-refractivity contribution in [1.29, 1.82) is 0 Å². The molecule has 0 amide bonds. The maximum absolute atomic E-state index is 11.2. The van der Waals surface area contributed by atoms with Crippen LogP contribution in [0.25, 0.3) is 11.1 Å². The van der Waals surface area contributed by atoms with E-state index < -0.39 is 5.97 Å². The number of nitrogens with zero attached hydrogens (tertiary/aromatic N) is 1. The number of nitrogens with two attached hydrogens (primary N) is 1. The van der Waals surface area contributed by atoms with Gasteiger partial charge in [-0.25, -0.2) is 9.78 Å². The van der Waals surface area contributed by atoms with Crippen molar-refractivity contribution in [3.8, 4) is 11.1 Å². The third kappa shape index (κ3) is 2.16. The summed E-state index contributed by atoms with van der Waals surface area (Å²) in [6.45, 7) is -0.167. The molecule has 5 heteroatoms. The summed E-state index contributed by atoms with van der Waals surface area (Å²) < 4.78 is 0. The second-order valence-corrected chi connectivity index (χ2v) is 3.75. The quantitative estimate of drug-likeness (QED) is 0.760. The lowest BCUT2D eigenvalue weighted by Gasteiger charge is -2.10. The predicted molar refractivity (Wildman–Crippen MR) is 67.0 cm³/mol. The molecule has 1 heterocycles. The van der Waals surface area contributed by atoms with Crippen LogP contribution in [0, 0.1) is 0 Å². The van der Waals surface area contributed by atoms with Gasteiger partial charge in [-0.05, 0) is 23.3 Å². The monoisotopic (exact) mass is 244 g/mol. The fourth-order valence-corrected chi connectivity index (χ4v) is 1.78. The van der Waals surface area contributed by atoms with Crippen molar-refractivity contribution in [3.63, 3.8) is 0 Å². The molecule has 92 valence electrons. The second kappa shape index (κ2) is 4.85. The molecule has 0 aliphatic rings. The molecular formula is C13H12N2O3. The molecule has 5 nitrogen and oxygen atoms in total. The normalized spacial score (nSPS) is 10.3. The van der Waals surface area contributed by atoms with Crippen LogP contribution in [0.5, 0.6) is 0 Å². The fourth-order valence-electron chi connectivity index (χ4n) is 1.78. The molecule has 0 bridgehead atoms. The van der Waals surface area contributed by atoms with E-state index in [-0.39, 0.29) is 18.1 Å². The van der Waals surface area contributed by atoms with Gasteiger partial charge in [-0.3, -0.25) is 0 Å². The average Bonchev–Trinajstić information content (AvgIpc) is 2.38. The highest BCUT2D eigenvalue weighted by Crippen LogP contribution is 2.27. The zero-order chi connectivity index (χ0) is 13.1. The highest BCUT2D eigenvalue weighted by molar-refractivity contribution is 5.94. The Morgan fingerprint density at radius 3 is 2.56 bits per heavy atom. The molecule has 0 atom stereocenters. The number of carboxylic acid groups (broad SMARTS) is 1. The highest BCUT2D eigenvalue weighted by Gasteiger charge is 2.15. The van der Waals surface area contributed by atoms with Crippen LogP contribution in [0.4, 0.5) is 5.82 Å². The van der Waals surface area contributed by atoms with Crippen molar-refractivity contribution < 1.29 is 15.0 Å². The number of aromatic nitrogens is 1. The van der Waals surface area contributed by atoms with Gasteiger partial charge in [0.25, 0.3) is 0 Å². The summed E-state index contributed by atoms with van der Waals surface area (Å²) in [6, 6.07) is 10.2. The average molecular weight is 244 g/mol. The van der Waals surface area contributed by atoms with Gasteiger partial charge in [0.15, 0.2) is 5.69 Å². The Kier molecular flexibility index (Phi) is 3.25. The number of rotatable bonds is 3. The number of aliphatic hydroxyl groups excluding tert-OH is 1. The first-order valence-corrected chi connectivity index (χ1v) is 5.32. The minimum atomic E-state index is -1.15. The van der Waals surface area contributed by atoms with E-state index in [1.807, 2.05) is 0 Å². The zero-order valence-electron chi connectivity index (χ0n) is 9.50. The van der Waals surface area contributed by atoms with Gasteiger partial charge in [0.1, 0.15) is 5.82 Å². The van der Waals surface area contributed by atoms with Crippen molar-refractivity contribution in [1.82, 2.24) is 4.98 Å². The summed E-state index contributed by atoms with van der Waals surface area (Å²) in [4.78, 5) is 15.0. The van der Waals surface area contributed by atoms with E-state index in [2.05, 4.69) is 4.98 Å². The Morgan fingerprint density at radius 2 is 1.89 bits per heavy atom. The molecule has 0 radical (unpaired) electrons. The number of carbonyl (C=O) groups is 1. The van der Waals surface area contributed by atoms with Gasteiger partial charge in [-0.1, -0.05) is 24.3 Å². The van der Waals surface area contributed by atoms with Crippen molar-refractivity contribution in [3.05, 3.63) is 47.7 Å². The van der Waals surface area contributed by atoms with Crippen LogP contribution in [0.1, 0.15) is 16.1 Å². The van der Waals surface area contributed by atoms with Crippen LogP contribution < -0.4 is 5.73 Å². The zero-order valence-corrected chi connectivity index (χ0v) is 9.50. The standard InChI is InChI=1S/C13H12N2O3/c14-11-6-5-10(12(15-11)13(17)18)9-4-2-1-3-8(9)7-16/h1-6,16H,7H2,(H2,14,15)(H,17,18). The van der Waals surface area contributed by atoms with Gasteiger partial charge in [0.2, 0.25) is 0 Å². The van der Waals surface area contributed by atoms with Gasteiger partial charge < -0.3 is 15.9 Å². The summed E-state index contributed by atoms with van der Waals surface area (Å²) in [5, 5.41) is 18.4. The Labute approximate surface area is 104 Å². The molecular weight excluding hydrogens is 232 g/mol. The molecule has 0 unspecified atom stereocenters. The molecule has 0 aliphatic heterocycles. The van der Waals surface area contributed by atoms with Crippen LogP contribution in [0.2, 0.25) is 0 Å². The Morgan fingerprint density at radius 1 is 1.17 bits per heavy atom. The van der Waals surface area contributed by atoms with Crippen molar-refractivity contribution >= 4 is 11.8 Å². The molecule has 0 spiro atoms. The van der Waals surface area contributed by atoms with E-state index >= 15 is 0 Å². The Hall–Kier alpha value is -2.40. The largest absolute Gasteiger partial charge is 0.476 e. The maximum Gasteiger partial charge on any atom is 0.355 e. The molecule has 0 saturated heterocycles. The summed E-state index contributed by atoms with van der Waals surface area (Å²) in [6.07, 6.45) is 0. The molecule has 0 fully saturated rings. The first kappa shape index (κ1) is 12.1. The Bertz CT molecular complexity index is 597. The molecule has 1 aromatic carbocycles. The van der Waals surface area contributed by atoms with Gasteiger partial charge >= 0.3 is 5.97 Å². The van der Waals surface area contributed by atoms with Crippen LogP contribution in [0.3, 0.4) is 0 Å². The van der Waals surface area contributed by atoms with E-state index in [1.54, 1.807) is 30.3 Å². The first-order chi connectivity index (χ1) is 8.63. The summed E-state index contributed by atoms with van der Waals surface area (Å²) in [5.41, 5.74) is 7.11. The number of carboxylic acids is 1. The van der Waals surface area contributed by atoms with E-state index in [4.69, 9.17) is 10.8 Å². The van der Waals surface area contributed by atoms with Crippen molar-refractivity contribution in [2.24, 2.45) is 0 Å². The van der Waals surface area contributed by atoms with Crippen LogP contribution in [-0.4, -0.2) is 21.2 Å². The van der Waals surface area contributed by atoms with E-state index in [0.29, 0.717) is 16.7 Å². The van der Waals surface area contributed by atoms with Gasteiger partial charge in [-0.15, -0.1) is 0 Å². The smallest absolute Gasteiger partial charge is 0.355 e. The number of hydrogen-bond acceptors (Lipinski definition) is 4. The number of benzene rings is 1. The van der Waals surface area contributed by atoms with Gasteiger partial charge in [-0.2, -0.15) is 0 Å².